The maximum atomic E-state index is 11.0. The number of aliphatic hydroxyl groups is 1. The highest BCUT2D eigenvalue weighted by Gasteiger charge is 2.37. The van der Waals surface area contributed by atoms with Crippen LogP contribution in [0.4, 0.5) is 5.69 Å². The molecule has 2 nitrogen and oxygen atoms in total. The minimum atomic E-state index is -0.892. The number of nitrogen functional groups attached to an aromatic ring is 1. The topological polar surface area (TPSA) is 46.2 Å². The molecule has 0 amide bonds. The summed E-state index contributed by atoms with van der Waals surface area (Å²) in [6.45, 7) is 0. The first-order valence-corrected chi connectivity index (χ1v) is 7.29. The first kappa shape index (κ1) is 13.7. The molecule has 0 heterocycles. The molecule has 2 aromatic carbocycles. The fourth-order valence-electron chi connectivity index (χ4n) is 2.93. The second-order valence-corrected chi connectivity index (χ2v) is 6.20. The van der Waals surface area contributed by atoms with Crippen molar-refractivity contribution in [3.8, 4) is 0 Å². The van der Waals surface area contributed by atoms with Gasteiger partial charge in [0.25, 0.3) is 0 Å². The van der Waals surface area contributed by atoms with Crippen LogP contribution in [0.25, 0.3) is 0 Å². The Morgan fingerprint density at radius 2 is 1.95 bits per heavy atom. The van der Waals surface area contributed by atoms with Crippen LogP contribution in [0.1, 0.15) is 23.1 Å². The van der Waals surface area contributed by atoms with Crippen LogP contribution in [0, 0.1) is 0 Å². The lowest BCUT2D eigenvalue weighted by molar-refractivity contribution is 0.0390. The number of rotatable bonds is 2. The van der Waals surface area contributed by atoms with Gasteiger partial charge in [0.15, 0.2) is 0 Å². The van der Waals surface area contributed by atoms with Crippen molar-refractivity contribution in [2.45, 2.75) is 24.9 Å². The third kappa shape index (κ3) is 2.39. The molecule has 3 N–H and O–H groups in total. The molecular weight excluding hydrogens is 293 g/mol. The number of fused-ring (bicyclic) bond motifs is 1. The number of benzene rings is 2. The van der Waals surface area contributed by atoms with Crippen LogP contribution < -0.4 is 5.73 Å². The maximum Gasteiger partial charge on any atom is 0.0943 e. The predicted molar refractivity (Wildman–Crippen MR) is 83.2 cm³/mol. The summed E-state index contributed by atoms with van der Waals surface area (Å²) >= 11 is 12.2. The Kier molecular flexibility index (Phi) is 3.41. The highest BCUT2D eigenvalue weighted by Crippen LogP contribution is 2.41. The van der Waals surface area contributed by atoms with Crippen LogP contribution in [0.5, 0.6) is 0 Å². The van der Waals surface area contributed by atoms with Gasteiger partial charge in [0.05, 0.1) is 5.60 Å². The zero-order chi connectivity index (χ0) is 14.3. The van der Waals surface area contributed by atoms with Gasteiger partial charge in [-0.3, -0.25) is 0 Å². The summed E-state index contributed by atoms with van der Waals surface area (Å²) in [6.07, 6.45) is 1.97. The molecule has 1 aliphatic carbocycles. The normalized spacial score (nSPS) is 20.9. The number of halogens is 2. The second kappa shape index (κ2) is 4.96. The molecule has 0 saturated carbocycles. The van der Waals surface area contributed by atoms with Crippen LogP contribution >= 0.6 is 23.2 Å². The molecule has 0 radical (unpaired) electrons. The van der Waals surface area contributed by atoms with Crippen molar-refractivity contribution in [2.24, 2.45) is 0 Å². The summed E-state index contributed by atoms with van der Waals surface area (Å²) in [7, 11) is 0. The molecule has 104 valence electrons. The SMILES string of the molecule is Nc1ccc2c(c1)CCC2(O)Cc1cc(Cl)ccc1Cl. The molecular formula is C16H15Cl2NO. The van der Waals surface area contributed by atoms with Crippen molar-refractivity contribution in [3.05, 3.63) is 63.1 Å². The molecule has 3 rings (SSSR count). The summed E-state index contributed by atoms with van der Waals surface area (Å²) in [5.41, 5.74) is 8.56. The molecule has 4 heteroatoms. The Balaban J connectivity index is 1.98. The van der Waals surface area contributed by atoms with Crippen LogP contribution in [-0.2, 0) is 18.4 Å². The molecule has 0 saturated heterocycles. The summed E-state index contributed by atoms with van der Waals surface area (Å²) in [6, 6.07) is 11.0. The minimum Gasteiger partial charge on any atom is -0.399 e. The highest BCUT2D eigenvalue weighted by atomic mass is 35.5. The van der Waals surface area contributed by atoms with E-state index in [4.69, 9.17) is 28.9 Å². The Morgan fingerprint density at radius 1 is 1.15 bits per heavy atom. The van der Waals surface area contributed by atoms with Crippen LogP contribution in [0.2, 0.25) is 10.0 Å². The number of hydrogen-bond donors (Lipinski definition) is 2. The largest absolute Gasteiger partial charge is 0.399 e. The number of aryl methyl sites for hydroxylation is 1. The molecule has 1 atom stereocenters. The van der Waals surface area contributed by atoms with Gasteiger partial charge < -0.3 is 10.8 Å². The van der Waals surface area contributed by atoms with Crippen LogP contribution in [-0.4, -0.2) is 5.11 Å². The molecule has 20 heavy (non-hydrogen) atoms. The fraction of sp³-hybridized carbons (Fsp3) is 0.250. The number of hydrogen-bond acceptors (Lipinski definition) is 2. The van der Waals surface area contributed by atoms with Crippen LogP contribution in [0.3, 0.4) is 0 Å². The second-order valence-electron chi connectivity index (χ2n) is 5.36. The van der Waals surface area contributed by atoms with Gasteiger partial charge in [-0.25, -0.2) is 0 Å². The molecule has 0 aliphatic heterocycles. The number of nitrogens with two attached hydrogens (primary N) is 1. The fourth-order valence-corrected chi connectivity index (χ4v) is 3.31. The molecule has 1 aliphatic rings. The van der Waals surface area contributed by atoms with Gasteiger partial charge in [0, 0.05) is 22.2 Å². The monoisotopic (exact) mass is 307 g/mol. The lowest BCUT2D eigenvalue weighted by atomic mass is 9.88. The first-order chi connectivity index (χ1) is 9.48. The lowest BCUT2D eigenvalue weighted by Gasteiger charge is -2.25. The smallest absolute Gasteiger partial charge is 0.0943 e. The van der Waals surface area contributed by atoms with Crippen molar-refractivity contribution < 1.29 is 5.11 Å². The maximum absolute atomic E-state index is 11.0. The van der Waals surface area contributed by atoms with Crippen molar-refractivity contribution in [1.82, 2.24) is 0 Å². The van der Waals surface area contributed by atoms with Gasteiger partial charge in [-0.05, 0) is 59.9 Å². The molecule has 2 aromatic rings. The van der Waals surface area contributed by atoms with Crippen LogP contribution in [0.15, 0.2) is 36.4 Å². The lowest BCUT2D eigenvalue weighted by Crippen LogP contribution is -2.25. The predicted octanol–water partition coefficient (Wildman–Crippen LogP) is 3.95. The van der Waals surface area contributed by atoms with E-state index < -0.39 is 5.60 Å². The van der Waals surface area contributed by atoms with Gasteiger partial charge >= 0.3 is 0 Å². The average Bonchev–Trinajstić information content (AvgIpc) is 2.71. The van der Waals surface area contributed by atoms with Crippen molar-refractivity contribution in [1.29, 1.82) is 0 Å². The Labute approximate surface area is 128 Å². The molecule has 0 fully saturated rings. The number of anilines is 1. The van der Waals surface area contributed by atoms with Gasteiger partial charge in [0.1, 0.15) is 0 Å². The van der Waals surface area contributed by atoms with E-state index in [-0.39, 0.29) is 0 Å². The standard InChI is InChI=1S/C16H15Cl2NO/c17-12-1-4-15(18)11(7-12)9-16(20)6-5-10-8-13(19)2-3-14(10)16/h1-4,7-8,20H,5-6,9,19H2. The van der Waals surface area contributed by atoms with E-state index in [9.17, 15) is 5.11 Å². The first-order valence-electron chi connectivity index (χ1n) is 6.53. The van der Waals surface area contributed by atoms with Gasteiger partial charge in [0.2, 0.25) is 0 Å². The van der Waals surface area contributed by atoms with E-state index in [1.165, 1.54) is 0 Å². The van der Waals surface area contributed by atoms with Crippen molar-refractivity contribution in [2.75, 3.05) is 5.73 Å². The molecule has 0 spiro atoms. The van der Waals surface area contributed by atoms with Gasteiger partial charge in [-0.15, -0.1) is 0 Å². The average molecular weight is 308 g/mol. The zero-order valence-corrected chi connectivity index (χ0v) is 12.4. The Bertz CT molecular complexity index is 672. The van der Waals surface area contributed by atoms with E-state index in [0.29, 0.717) is 22.9 Å². The van der Waals surface area contributed by atoms with E-state index in [2.05, 4.69) is 0 Å². The summed E-state index contributed by atoms with van der Waals surface area (Å²) in [5, 5.41) is 12.2. The third-order valence-electron chi connectivity index (χ3n) is 3.93. The van der Waals surface area contributed by atoms with Gasteiger partial charge in [-0.2, -0.15) is 0 Å². The highest BCUT2D eigenvalue weighted by molar-refractivity contribution is 6.33. The Morgan fingerprint density at radius 3 is 2.75 bits per heavy atom. The summed E-state index contributed by atoms with van der Waals surface area (Å²) in [5.74, 6) is 0. The van der Waals surface area contributed by atoms with E-state index >= 15 is 0 Å². The summed E-state index contributed by atoms with van der Waals surface area (Å²) in [4.78, 5) is 0. The van der Waals surface area contributed by atoms with E-state index in [0.717, 1.165) is 28.8 Å². The van der Waals surface area contributed by atoms with E-state index in [1.54, 1.807) is 12.1 Å². The Hall–Kier alpha value is -1.22. The van der Waals surface area contributed by atoms with E-state index in [1.807, 2.05) is 24.3 Å². The molecule has 0 bridgehead atoms. The summed E-state index contributed by atoms with van der Waals surface area (Å²) < 4.78 is 0. The minimum absolute atomic E-state index is 0.462. The van der Waals surface area contributed by atoms with Crippen molar-refractivity contribution in [3.63, 3.8) is 0 Å². The van der Waals surface area contributed by atoms with Crippen molar-refractivity contribution >= 4 is 28.9 Å². The molecule has 1 unspecified atom stereocenters. The third-order valence-corrected chi connectivity index (χ3v) is 4.53. The quantitative estimate of drug-likeness (QED) is 0.825. The zero-order valence-electron chi connectivity index (χ0n) is 10.9. The molecule has 0 aromatic heterocycles. The van der Waals surface area contributed by atoms with Gasteiger partial charge in [-0.1, -0.05) is 29.3 Å².